The van der Waals surface area contributed by atoms with Crippen molar-refractivity contribution in [2.75, 3.05) is 0 Å². The van der Waals surface area contributed by atoms with E-state index in [2.05, 4.69) is 12.2 Å². The van der Waals surface area contributed by atoms with Gasteiger partial charge in [-0.15, -0.1) is 0 Å². The zero-order valence-electron chi connectivity index (χ0n) is 8.16. The van der Waals surface area contributed by atoms with Gasteiger partial charge in [0.05, 0.1) is 0 Å². The predicted molar refractivity (Wildman–Crippen MR) is 55.8 cm³/mol. The number of hydrogen-bond donors (Lipinski definition) is 0. The first kappa shape index (κ1) is 9.00. The van der Waals surface area contributed by atoms with Crippen LogP contribution in [-0.4, -0.2) is 5.91 Å². The van der Waals surface area contributed by atoms with Crippen LogP contribution in [0.1, 0.15) is 35.7 Å². The number of allylic oxidation sites excluding steroid dienone is 1. The number of amides is 1. The van der Waals surface area contributed by atoms with Gasteiger partial charge in [-0.1, -0.05) is 31.5 Å². The molecule has 14 heavy (non-hydrogen) atoms. The summed E-state index contributed by atoms with van der Waals surface area (Å²) in [6.45, 7) is 2.08. The Bertz CT molecular complexity index is 393. The third-order valence-corrected chi connectivity index (χ3v) is 2.26. The summed E-state index contributed by atoms with van der Waals surface area (Å²) in [4.78, 5) is 11.6. The highest BCUT2D eigenvalue weighted by molar-refractivity contribution is 6.01. The third-order valence-electron chi connectivity index (χ3n) is 2.26. The highest BCUT2D eigenvalue weighted by Gasteiger charge is 2.17. The van der Waals surface area contributed by atoms with Crippen molar-refractivity contribution in [3.63, 3.8) is 0 Å². The van der Waals surface area contributed by atoms with Crippen molar-refractivity contribution in [3.8, 4) is 0 Å². The van der Waals surface area contributed by atoms with Crippen LogP contribution in [0.4, 0.5) is 0 Å². The van der Waals surface area contributed by atoms with Gasteiger partial charge in [-0.2, -0.15) is 0 Å². The number of carbonyl (C=O) groups excluding carboxylic acids is 1. The van der Waals surface area contributed by atoms with Crippen LogP contribution in [0.3, 0.4) is 0 Å². The van der Waals surface area contributed by atoms with Gasteiger partial charge in [0.25, 0.3) is 5.91 Å². The number of nitrogens with zero attached hydrogens (tertiary/aromatic N) is 1. The average Bonchev–Trinajstić information content (AvgIpc) is 2.18. The second-order valence-electron chi connectivity index (χ2n) is 3.39. The molecule has 1 heterocycles. The van der Waals surface area contributed by atoms with Gasteiger partial charge in [0, 0.05) is 11.3 Å². The molecule has 2 nitrogen and oxygen atoms in total. The number of rotatable bonds is 2. The van der Waals surface area contributed by atoms with E-state index in [1.54, 1.807) is 0 Å². The Kier molecular flexibility index (Phi) is 2.35. The predicted octanol–water partition coefficient (Wildman–Crippen LogP) is 2.59. The summed E-state index contributed by atoms with van der Waals surface area (Å²) in [6, 6.07) is 7.58. The standard InChI is InChI=1S/C12H12NO/c1-2-5-10-8-9-6-3-4-7-11(9)12(14)13-10/h3-4,6-8H,2,5H2,1H3. The summed E-state index contributed by atoms with van der Waals surface area (Å²) in [6.07, 6.45) is 3.89. The SMILES string of the molecule is CCCC1=Cc2ccccc2C(=O)[N]1. The fourth-order valence-electron chi connectivity index (χ4n) is 1.60. The van der Waals surface area contributed by atoms with Gasteiger partial charge in [0.15, 0.2) is 0 Å². The summed E-state index contributed by atoms with van der Waals surface area (Å²) in [7, 11) is 0. The molecule has 2 heteroatoms. The van der Waals surface area contributed by atoms with E-state index in [0.29, 0.717) is 5.56 Å². The molecule has 1 aliphatic rings. The monoisotopic (exact) mass is 186 g/mol. The minimum atomic E-state index is -0.105. The van der Waals surface area contributed by atoms with Gasteiger partial charge in [0.1, 0.15) is 0 Å². The van der Waals surface area contributed by atoms with E-state index in [0.717, 1.165) is 24.1 Å². The first-order chi connectivity index (χ1) is 6.81. The van der Waals surface area contributed by atoms with Crippen molar-refractivity contribution in [3.05, 3.63) is 41.1 Å². The Morgan fingerprint density at radius 2 is 2.07 bits per heavy atom. The molecule has 1 aliphatic heterocycles. The summed E-state index contributed by atoms with van der Waals surface area (Å²) in [5.74, 6) is -0.105. The van der Waals surface area contributed by atoms with Gasteiger partial charge in [-0.25, -0.2) is 5.32 Å². The Balaban J connectivity index is 2.40. The van der Waals surface area contributed by atoms with E-state index in [1.807, 2.05) is 30.3 Å². The zero-order chi connectivity index (χ0) is 9.97. The second-order valence-corrected chi connectivity index (χ2v) is 3.39. The smallest absolute Gasteiger partial charge is 0.267 e. The average molecular weight is 186 g/mol. The Hall–Kier alpha value is -1.57. The quantitative estimate of drug-likeness (QED) is 0.698. The molecule has 1 radical (unpaired) electrons. The largest absolute Gasteiger partial charge is 0.277 e. The van der Waals surface area contributed by atoms with Gasteiger partial charge >= 0.3 is 0 Å². The van der Waals surface area contributed by atoms with E-state index in [9.17, 15) is 4.79 Å². The molecule has 0 aliphatic carbocycles. The van der Waals surface area contributed by atoms with Gasteiger partial charge in [-0.3, -0.25) is 4.79 Å². The van der Waals surface area contributed by atoms with Crippen molar-refractivity contribution >= 4 is 12.0 Å². The molecular weight excluding hydrogens is 174 g/mol. The molecule has 1 aromatic carbocycles. The summed E-state index contributed by atoms with van der Waals surface area (Å²) in [5, 5.41) is 4.04. The Morgan fingerprint density at radius 3 is 2.86 bits per heavy atom. The lowest BCUT2D eigenvalue weighted by Crippen LogP contribution is -2.20. The molecule has 0 N–H and O–H groups in total. The van der Waals surface area contributed by atoms with Crippen LogP contribution in [0.2, 0.25) is 0 Å². The van der Waals surface area contributed by atoms with Gasteiger partial charge in [-0.05, 0) is 24.1 Å². The molecule has 0 saturated heterocycles. The lowest BCUT2D eigenvalue weighted by molar-refractivity contribution is 0.0958. The molecular formula is C12H12NO. The second kappa shape index (κ2) is 3.66. The summed E-state index contributed by atoms with van der Waals surface area (Å²) < 4.78 is 0. The molecule has 0 spiro atoms. The molecule has 0 fully saturated rings. The van der Waals surface area contributed by atoms with Crippen LogP contribution in [0.5, 0.6) is 0 Å². The third kappa shape index (κ3) is 1.55. The molecule has 2 rings (SSSR count). The zero-order valence-corrected chi connectivity index (χ0v) is 8.16. The van der Waals surface area contributed by atoms with Crippen LogP contribution in [0, 0.1) is 0 Å². The van der Waals surface area contributed by atoms with Crippen molar-refractivity contribution in [1.82, 2.24) is 5.32 Å². The normalized spacial score (nSPS) is 14.4. The van der Waals surface area contributed by atoms with E-state index in [4.69, 9.17) is 0 Å². The van der Waals surface area contributed by atoms with Crippen LogP contribution < -0.4 is 5.32 Å². The summed E-state index contributed by atoms with van der Waals surface area (Å²) >= 11 is 0. The van der Waals surface area contributed by atoms with Crippen molar-refractivity contribution in [2.24, 2.45) is 0 Å². The Morgan fingerprint density at radius 1 is 1.29 bits per heavy atom. The number of carbonyl (C=O) groups is 1. The molecule has 0 bridgehead atoms. The fraction of sp³-hybridized carbons (Fsp3) is 0.250. The van der Waals surface area contributed by atoms with Crippen molar-refractivity contribution in [1.29, 1.82) is 0 Å². The topological polar surface area (TPSA) is 31.2 Å². The van der Waals surface area contributed by atoms with Crippen LogP contribution in [0.15, 0.2) is 30.0 Å². The van der Waals surface area contributed by atoms with E-state index in [-0.39, 0.29) is 5.91 Å². The summed E-state index contributed by atoms with van der Waals surface area (Å²) in [5.41, 5.74) is 2.61. The fourth-order valence-corrected chi connectivity index (χ4v) is 1.60. The first-order valence-corrected chi connectivity index (χ1v) is 4.87. The lowest BCUT2D eigenvalue weighted by Gasteiger charge is -2.13. The maximum absolute atomic E-state index is 11.6. The lowest BCUT2D eigenvalue weighted by atomic mass is 10.0. The van der Waals surface area contributed by atoms with Crippen LogP contribution in [-0.2, 0) is 0 Å². The van der Waals surface area contributed by atoms with Gasteiger partial charge in [0.2, 0.25) is 0 Å². The minimum absolute atomic E-state index is 0.105. The highest BCUT2D eigenvalue weighted by Crippen LogP contribution is 2.20. The molecule has 1 aromatic rings. The molecule has 0 atom stereocenters. The van der Waals surface area contributed by atoms with Crippen LogP contribution in [0.25, 0.3) is 6.08 Å². The molecule has 1 amide bonds. The maximum Gasteiger partial charge on any atom is 0.277 e. The maximum atomic E-state index is 11.6. The van der Waals surface area contributed by atoms with Crippen LogP contribution >= 0.6 is 0 Å². The molecule has 0 saturated carbocycles. The minimum Gasteiger partial charge on any atom is -0.267 e. The first-order valence-electron chi connectivity index (χ1n) is 4.87. The van der Waals surface area contributed by atoms with E-state index >= 15 is 0 Å². The molecule has 0 unspecified atom stereocenters. The van der Waals surface area contributed by atoms with Crippen molar-refractivity contribution in [2.45, 2.75) is 19.8 Å². The number of benzene rings is 1. The van der Waals surface area contributed by atoms with Gasteiger partial charge < -0.3 is 0 Å². The Labute approximate surface area is 83.6 Å². The number of fused-ring (bicyclic) bond motifs is 1. The van der Waals surface area contributed by atoms with E-state index < -0.39 is 0 Å². The molecule has 71 valence electrons. The van der Waals surface area contributed by atoms with E-state index in [1.165, 1.54) is 0 Å². The van der Waals surface area contributed by atoms with Crippen molar-refractivity contribution < 1.29 is 4.79 Å². The number of hydrogen-bond acceptors (Lipinski definition) is 1. The molecule has 0 aromatic heterocycles. The highest BCUT2D eigenvalue weighted by atomic mass is 16.1.